The Morgan fingerprint density at radius 2 is 1.96 bits per heavy atom. The molecule has 0 fully saturated rings. The van der Waals surface area contributed by atoms with E-state index in [2.05, 4.69) is 5.32 Å². The maximum absolute atomic E-state index is 12.4. The topological polar surface area (TPSA) is 49.4 Å². The van der Waals surface area contributed by atoms with Gasteiger partial charge in [-0.1, -0.05) is 18.5 Å². The Morgan fingerprint density at radius 3 is 2.69 bits per heavy atom. The normalized spacial score (nSPS) is 12.8. The molecule has 26 heavy (non-hydrogen) atoms. The fourth-order valence-electron chi connectivity index (χ4n) is 2.96. The van der Waals surface area contributed by atoms with Crippen molar-refractivity contribution in [3.63, 3.8) is 0 Å². The molecule has 6 heteroatoms. The zero-order chi connectivity index (χ0) is 18.5. The lowest BCUT2D eigenvalue weighted by atomic mass is 10.1. The Kier molecular flexibility index (Phi) is 6.22. The largest absolute Gasteiger partial charge is 0.351 e. The SMILES string of the molecule is CCC(=O)N1CCc2cc(C(=O)NCCSc3ccc(Cl)cc3)ccc21. The van der Waals surface area contributed by atoms with Crippen LogP contribution >= 0.6 is 23.4 Å². The minimum atomic E-state index is -0.0789. The number of fused-ring (bicyclic) bond motifs is 1. The molecule has 3 rings (SSSR count). The van der Waals surface area contributed by atoms with Crippen molar-refractivity contribution in [2.24, 2.45) is 0 Å². The Hall–Kier alpha value is -1.98. The molecule has 2 amide bonds. The number of amides is 2. The van der Waals surface area contributed by atoms with E-state index in [1.54, 1.807) is 22.7 Å². The number of hydrogen-bond acceptors (Lipinski definition) is 3. The van der Waals surface area contributed by atoms with Crippen molar-refractivity contribution in [2.75, 3.05) is 23.7 Å². The van der Waals surface area contributed by atoms with Crippen LogP contribution in [0.2, 0.25) is 5.02 Å². The first-order valence-electron chi connectivity index (χ1n) is 8.68. The van der Waals surface area contributed by atoms with E-state index in [4.69, 9.17) is 11.6 Å². The van der Waals surface area contributed by atoms with Crippen molar-refractivity contribution < 1.29 is 9.59 Å². The summed E-state index contributed by atoms with van der Waals surface area (Å²) in [5.74, 6) is 0.835. The summed E-state index contributed by atoms with van der Waals surface area (Å²) in [5, 5.41) is 3.67. The summed E-state index contributed by atoms with van der Waals surface area (Å²) in [5.41, 5.74) is 2.65. The monoisotopic (exact) mass is 388 g/mol. The number of thioether (sulfide) groups is 1. The summed E-state index contributed by atoms with van der Waals surface area (Å²) < 4.78 is 0. The van der Waals surface area contributed by atoms with Crippen LogP contribution in [-0.4, -0.2) is 30.7 Å². The van der Waals surface area contributed by atoms with Crippen LogP contribution in [0.1, 0.15) is 29.3 Å². The fourth-order valence-corrected chi connectivity index (χ4v) is 3.85. The third-order valence-electron chi connectivity index (χ3n) is 4.31. The molecule has 0 unspecified atom stereocenters. The molecule has 0 bridgehead atoms. The molecule has 136 valence electrons. The van der Waals surface area contributed by atoms with Gasteiger partial charge in [-0.3, -0.25) is 9.59 Å². The Labute approximate surface area is 162 Å². The highest BCUT2D eigenvalue weighted by Gasteiger charge is 2.24. The van der Waals surface area contributed by atoms with E-state index < -0.39 is 0 Å². The third kappa shape index (κ3) is 4.40. The van der Waals surface area contributed by atoms with Gasteiger partial charge in [-0.15, -0.1) is 11.8 Å². The lowest BCUT2D eigenvalue weighted by Gasteiger charge is -2.16. The molecule has 1 N–H and O–H groups in total. The van der Waals surface area contributed by atoms with Crippen LogP contribution in [0.5, 0.6) is 0 Å². The highest BCUT2D eigenvalue weighted by molar-refractivity contribution is 7.99. The van der Waals surface area contributed by atoms with Crippen molar-refractivity contribution in [1.29, 1.82) is 0 Å². The van der Waals surface area contributed by atoms with Gasteiger partial charge >= 0.3 is 0 Å². The van der Waals surface area contributed by atoms with Crippen molar-refractivity contribution in [3.8, 4) is 0 Å². The summed E-state index contributed by atoms with van der Waals surface area (Å²) in [6.45, 7) is 3.15. The molecule has 0 spiro atoms. The summed E-state index contributed by atoms with van der Waals surface area (Å²) in [7, 11) is 0. The molecular formula is C20H21ClN2O2S. The lowest BCUT2D eigenvalue weighted by molar-refractivity contribution is -0.118. The smallest absolute Gasteiger partial charge is 0.251 e. The highest BCUT2D eigenvalue weighted by Crippen LogP contribution is 2.29. The number of anilines is 1. The second kappa shape index (κ2) is 8.60. The summed E-state index contributed by atoms with van der Waals surface area (Å²) >= 11 is 7.54. The van der Waals surface area contributed by atoms with Crippen LogP contribution in [-0.2, 0) is 11.2 Å². The first-order valence-corrected chi connectivity index (χ1v) is 10.0. The Bertz CT molecular complexity index is 808. The predicted octanol–water partition coefficient (Wildman–Crippen LogP) is 4.16. The molecule has 0 atom stereocenters. The number of carbonyl (C=O) groups excluding carboxylic acids is 2. The minimum Gasteiger partial charge on any atom is -0.351 e. The molecule has 2 aromatic carbocycles. The summed E-state index contributed by atoms with van der Waals surface area (Å²) in [4.78, 5) is 27.2. The van der Waals surface area contributed by atoms with Crippen LogP contribution in [0.4, 0.5) is 5.69 Å². The molecule has 4 nitrogen and oxygen atoms in total. The van der Waals surface area contributed by atoms with Gasteiger partial charge in [0.25, 0.3) is 5.91 Å². The minimum absolute atomic E-state index is 0.0789. The van der Waals surface area contributed by atoms with Gasteiger partial charge in [0.1, 0.15) is 0 Å². The molecule has 0 aliphatic carbocycles. The van der Waals surface area contributed by atoms with Gasteiger partial charge in [0, 0.05) is 46.4 Å². The second-order valence-corrected chi connectivity index (χ2v) is 7.66. The number of carbonyl (C=O) groups is 2. The average Bonchev–Trinajstić information content (AvgIpc) is 3.09. The third-order valence-corrected chi connectivity index (χ3v) is 5.58. The van der Waals surface area contributed by atoms with Gasteiger partial charge in [-0.25, -0.2) is 0 Å². The Morgan fingerprint density at radius 1 is 1.19 bits per heavy atom. The zero-order valence-corrected chi connectivity index (χ0v) is 16.2. The molecule has 1 aliphatic heterocycles. The number of nitrogens with zero attached hydrogens (tertiary/aromatic N) is 1. The van der Waals surface area contributed by atoms with Crippen molar-refractivity contribution in [3.05, 3.63) is 58.6 Å². The fraction of sp³-hybridized carbons (Fsp3) is 0.300. The molecular weight excluding hydrogens is 368 g/mol. The van der Waals surface area contributed by atoms with Gasteiger partial charge in [0.2, 0.25) is 5.91 Å². The van der Waals surface area contributed by atoms with Crippen LogP contribution < -0.4 is 10.2 Å². The number of nitrogens with one attached hydrogen (secondary N) is 1. The maximum atomic E-state index is 12.4. The van der Waals surface area contributed by atoms with Crippen molar-refractivity contribution in [2.45, 2.75) is 24.7 Å². The van der Waals surface area contributed by atoms with Gasteiger partial charge in [-0.2, -0.15) is 0 Å². The Balaban J connectivity index is 1.52. The summed E-state index contributed by atoms with van der Waals surface area (Å²) in [6.07, 6.45) is 1.29. The molecule has 0 saturated carbocycles. The van der Waals surface area contributed by atoms with Gasteiger partial charge in [0.05, 0.1) is 0 Å². The standard InChI is InChI=1S/C20H21ClN2O2S/c1-2-19(24)23-11-9-14-13-15(3-8-18(14)23)20(25)22-10-12-26-17-6-4-16(21)5-7-17/h3-8,13H,2,9-12H2,1H3,(H,22,25). The molecule has 0 radical (unpaired) electrons. The highest BCUT2D eigenvalue weighted by atomic mass is 35.5. The zero-order valence-electron chi connectivity index (χ0n) is 14.6. The van der Waals surface area contributed by atoms with Crippen molar-refractivity contribution >= 4 is 40.9 Å². The quantitative estimate of drug-likeness (QED) is 0.597. The van der Waals surface area contributed by atoms with E-state index in [0.717, 1.165) is 33.3 Å². The predicted molar refractivity (Wildman–Crippen MR) is 107 cm³/mol. The van der Waals surface area contributed by atoms with E-state index in [-0.39, 0.29) is 11.8 Å². The van der Waals surface area contributed by atoms with Crippen LogP contribution in [0, 0.1) is 0 Å². The van der Waals surface area contributed by atoms with Crippen molar-refractivity contribution in [1.82, 2.24) is 5.32 Å². The van der Waals surface area contributed by atoms with E-state index in [9.17, 15) is 9.59 Å². The van der Waals surface area contributed by atoms with Gasteiger partial charge < -0.3 is 10.2 Å². The number of hydrogen-bond donors (Lipinski definition) is 1. The molecule has 1 heterocycles. The van der Waals surface area contributed by atoms with Gasteiger partial charge in [-0.05, 0) is 54.4 Å². The van der Waals surface area contributed by atoms with Gasteiger partial charge in [0.15, 0.2) is 0 Å². The second-order valence-electron chi connectivity index (χ2n) is 6.05. The van der Waals surface area contributed by atoms with E-state index in [1.165, 1.54) is 0 Å². The maximum Gasteiger partial charge on any atom is 0.251 e. The number of rotatable bonds is 6. The van der Waals surface area contributed by atoms with Crippen LogP contribution in [0.3, 0.4) is 0 Å². The average molecular weight is 389 g/mol. The van der Waals surface area contributed by atoms with E-state index in [0.29, 0.717) is 25.1 Å². The van der Waals surface area contributed by atoms with Crippen LogP contribution in [0.15, 0.2) is 47.4 Å². The first kappa shape index (κ1) is 18.8. The van der Waals surface area contributed by atoms with E-state index >= 15 is 0 Å². The number of halogens is 1. The summed E-state index contributed by atoms with van der Waals surface area (Å²) in [6, 6.07) is 13.2. The lowest BCUT2D eigenvalue weighted by Crippen LogP contribution is -2.28. The molecule has 0 aromatic heterocycles. The molecule has 2 aromatic rings. The number of benzene rings is 2. The van der Waals surface area contributed by atoms with Crippen LogP contribution in [0.25, 0.3) is 0 Å². The first-order chi connectivity index (χ1) is 12.6. The molecule has 1 aliphatic rings. The van der Waals surface area contributed by atoms with E-state index in [1.807, 2.05) is 43.3 Å². The molecule has 0 saturated heterocycles.